The van der Waals surface area contributed by atoms with E-state index in [9.17, 15) is 8.42 Å². The van der Waals surface area contributed by atoms with Crippen LogP contribution in [0.3, 0.4) is 0 Å². The first-order valence-electron chi connectivity index (χ1n) is 5.65. The quantitative estimate of drug-likeness (QED) is 0.708. The van der Waals surface area contributed by atoms with Crippen LogP contribution in [0.4, 0.5) is 0 Å². The highest BCUT2D eigenvalue weighted by Gasteiger charge is 2.22. The van der Waals surface area contributed by atoms with Gasteiger partial charge in [-0.3, -0.25) is 0 Å². The molecule has 1 aromatic rings. The van der Waals surface area contributed by atoms with Crippen LogP contribution in [-0.4, -0.2) is 49.5 Å². The van der Waals surface area contributed by atoms with Crippen LogP contribution in [0.2, 0.25) is 0 Å². The van der Waals surface area contributed by atoms with Gasteiger partial charge in [0.2, 0.25) is 0 Å². The van der Waals surface area contributed by atoms with Crippen molar-refractivity contribution in [2.24, 2.45) is 0 Å². The maximum atomic E-state index is 12.1. The van der Waals surface area contributed by atoms with Gasteiger partial charge in [0.05, 0.1) is 6.33 Å². The number of sulfonamides is 1. The molecule has 0 aliphatic carbocycles. The largest absolute Gasteiger partial charge is 0.336 e. The second kappa shape index (κ2) is 6.13. The topological polar surface area (TPSA) is 67.2 Å². The minimum atomic E-state index is -3.44. The first-order valence-corrected chi connectivity index (χ1v) is 7.09. The number of nitrogens with zero attached hydrogens (tertiary/aromatic N) is 3. The average molecular weight is 260 g/mol. The Bertz CT molecular complexity index is 441. The summed E-state index contributed by atoms with van der Waals surface area (Å²) in [6.45, 7) is 3.94. The molecule has 1 aromatic heterocycles. The highest BCUT2D eigenvalue weighted by atomic mass is 32.2. The van der Waals surface area contributed by atoms with Crippen molar-refractivity contribution in [2.45, 2.75) is 24.9 Å². The van der Waals surface area contributed by atoms with E-state index in [2.05, 4.69) is 10.3 Å². The molecule has 1 N–H and O–H groups in total. The SMILES string of the molecule is CCn1cnc(S(=O)(=O)N(C)CCCNC)c1. The summed E-state index contributed by atoms with van der Waals surface area (Å²) >= 11 is 0. The molecular weight excluding hydrogens is 240 g/mol. The zero-order valence-corrected chi connectivity index (χ0v) is 11.4. The van der Waals surface area contributed by atoms with Gasteiger partial charge in [0.15, 0.2) is 5.03 Å². The minimum Gasteiger partial charge on any atom is -0.336 e. The zero-order valence-electron chi connectivity index (χ0n) is 10.5. The summed E-state index contributed by atoms with van der Waals surface area (Å²) in [5.41, 5.74) is 0. The fraction of sp³-hybridized carbons (Fsp3) is 0.700. The van der Waals surface area contributed by atoms with Crippen molar-refractivity contribution in [1.82, 2.24) is 19.2 Å². The van der Waals surface area contributed by atoms with Gasteiger partial charge < -0.3 is 9.88 Å². The molecule has 0 unspecified atom stereocenters. The van der Waals surface area contributed by atoms with Crippen LogP contribution >= 0.6 is 0 Å². The molecule has 0 atom stereocenters. The lowest BCUT2D eigenvalue weighted by Gasteiger charge is -2.15. The molecule has 98 valence electrons. The van der Waals surface area contributed by atoms with Gasteiger partial charge >= 0.3 is 0 Å². The number of aromatic nitrogens is 2. The van der Waals surface area contributed by atoms with Crippen LogP contribution < -0.4 is 5.32 Å². The van der Waals surface area contributed by atoms with Gasteiger partial charge in [0, 0.05) is 26.3 Å². The predicted octanol–water partition coefficient (Wildman–Crippen LogP) is 0.133. The van der Waals surface area contributed by atoms with Gasteiger partial charge in [-0.25, -0.2) is 13.4 Å². The zero-order chi connectivity index (χ0) is 12.9. The highest BCUT2D eigenvalue weighted by Crippen LogP contribution is 2.11. The van der Waals surface area contributed by atoms with Crippen molar-refractivity contribution in [2.75, 3.05) is 27.2 Å². The molecule has 0 fully saturated rings. The van der Waals surface area contributed by atoms with Crippen molar-refractivity contribution in [3.63, 3.8) is 0 Å². The molecule has 0 bridgehead atoms. The summed E-state index contributed by atoms with van der Waals surface area (Å²) < 4.78 is 27.3. The summed E-state index contributed by atoms with van der Waals surface area (Å²) in [5.74, 6) is 0. The molecule has 0 aromatic carbocycles. The van der Waals surface area contributed by atoms with Gasteiger partial charge in [-0.1, -0.05) is 0 Å². The van der Waals surface area contributed by atoms with Gasteiger partial charge in [-0.2, -0.15) is 4.31 Å². The maximum Gasteiger partial charge on any atom is 0.261 e. The van der Waals surface area contributed by atoms with Gasteiger partial charge in [0.1, 0.15) is 0 Å². The van der Waals surface area contributed by atoms with E-state index >= 15 is 0 Å². The van der Waals surface area contributed by atoms with Crippen molar-refractivity contribution in [3.8, 4) is 0 Å². The molecule has 17 heavy (non-hydrogen) atoms. The van der Waals surface area contributed by atoms with E-state index < -0.39 is 10.0 Å². The number of hydrogen-bond acceptors (Lipinski definition) is 4. The van der Waals surface area contributed by atoms with E-state index in [1.54, 1.807) is 17.8 Å². The molecule has 7 heteroatoms. The monoisotopic (exact) mass is 260 g/mol. The normalized spacial score (nSPS) is 12.2. The van der Waals surface area contributed by atoms with Crippen LogP contribution in [0.15, 0.2) is 17.6 Å². The van der Waals surface area contributed by atoms with E-state index in [1.165, 1.54) is 10.6 Å². The summed E-state index contributed by atoms with van der Waals surface area (Å²) in [6.07, 6.45) is 3.87. The van der Waals surface area contributed by atoms with E-state index in [-0.39, 0.29) is 5.03 Å². The number of aryl methyl sites for hydroxylation is 1. The molecule has 0 aliphatic rings. The molecule has 0 saturated carbocycles. The minimum absolute atomic E-state index is 0.117. The van der Waals surface area contributed by atoms with Crippen molar-refractivity contribution >= 4 is 10.0 Å². The number of imidazole rings is 1. The first kappa shape index (κ1) is 14.1. The standard InChI is InChI=1S/C10H20N4O2S/c1-4-14-8-10(12-9-14)17(15,16)13(3)7-5-6-11-2/h8-9,11H,4-7H2,1-3H3. The molecule has 0 radical (unpaired) electrons. The Morgan fingerprint density at radius 1 is 1.53 bits per heavy atom. The average Bonchev–Trinajstić information content (AvgIpc) is 2.78. The lowest BCUT2D eigenvalue weighted by atomic mass is 10.4. The number of nitrogens with one attached hydrogen (secondary N) is 1. The molecular formula is C10H20N4O2S. The molecule has 0 saturated heterocycles. The van der Waals surface area contributed by atoms with E-state index in [1.807, 2.05) is 14.0 Å². The lowest BCUT2D eigenvalue weighted by Crippen LogP contribution is -2.29. The molecule has 0 aliphatic heterocycles. The van der Waals surface area contributed by atoms with E-state index in [4.69, 9.17) is 0 Å². The van der Waals surface area contributed by atoms with Crippen molar-refractivity contribution < 1.29 is 8.42 Å². The summed E-state index contributed by atoms with van der Waals surface area (Å²) in [5, 5.41) is 3.10. The van der Waals surface area contributed by atoms with E-state index in [0.29, 0.717) is 13.1 Å². The van der Waals surface area contributed by atoms with Gasteiger partial charge in [-0.05, 0) is 26.9 Å². The van der Waals surface area contributed by atoms with Crippen molar-refractivity contribution in [3.05, 3.63) is 12.5 Å². The summed E-state index contributed by atoms with van der Waals surface area (Å²) in [4.78, 5) is 3.93. The Hall–Kier alpha value is -0.920. The summed E-state index contributed by atoms with van der Waals surface area (Å²) in [7, 11) is -0.0111. The first-order chi connectivity index (χ1) is 8.02. The van der Waals surface area contributed by atoms with Crippen LogP contribution in [-0.2, 0) is 16.6 Å². The number of rotatable bonds is 7. The molecule has 0 amide bonds. The maximum absolute atomic E-state index is 12.1. The Kier molecular flexibility index (Phi) is 5.10. The second-order valence-corrected chi connectivity index (χ2v) is 5.82. The van der Waals surface area contributed by atoms with Crippen molar-refractivity contribution in [1.29, 1.82) is 0 Å². The Labute approximate surface area is 103 Å². The van der Waals surface area contributed by atoms with Crippen LogP contribution in [0, 0.1) is 0 Å². The Balaban J connectivity index is 2.73. The fourth-order valence-corrected chi connectivity index (χ4v) is 2.54. The number of hydrogen-bond donors (Lipinski definition) is 1. The van der Waals surface area contributed by atoms with Gasteiger partial charge in [-0.15, -0.1) is 0 Å². The highest BCUT2D eigenvalue weighted by molar-refractivity contribution is 7.89. The molecule has 1 rings (SSSR count). The summed E-state index contributed by atoms with van der Waals surface area (Å²) in [6, 6.07) is 0. The third-order valence-corrected chi connectivity index (χ3v) is 4.29. The predicted molar refractivity (Wildman–Crippen MR) is 66.3 cm³/mol. The third-order valence-electron chi connectivity index (χ3n) is 2.55. The van der Waals surface area contributed by atoms with Crippen LogP contribution in [0.25, 0.3) is 0 Å². The van der Waals surface area contributed by atoms with Crippen LogP contribution in [0.1, 0.15) is 13.3 Å². The molecule has 1 heterocycles. The lowest BCUT2D eigenvalue weighted by molar-refractivity contribution is 0.456. The third kappa shape index (κ3) is 3.52. The molecule has 6 nitrogen and oxygen atoms in total. The fourth-order valence-electron chi connectivity index (χ4n) is 1.40. The van der Waals surface area contributed by atoms with E-state index in [0.717, 1.165) is 13.0 Å². The Morgan fingerprint density at radius 3 is 2.76 bits per heavy atom. The Morgan fingerprint density at radius 2 is 2.24 bits per heavy atom. The van der Waals surface area contributed by atoms with Gasteiger partial charge in [0.25, 0.3) is 10.0 Å². The van der Waals surface area contributed by atoms with Crippen LogP contribution in [0.5, 0.6) is 0 Å². The molecule has 0 spiro atoms. The second-order valence-electron chi connectivity index (χ2n) is 3.83. The smallest absolute Gasteiger partial charge is 0.261 e.